The third-order valence-electron chi connectivity index (χ3n) is 2.05. The topological polar surface area (TPSA) is 26.3 Å². The summed E-state index contributed by atoms with van der Waals surface area (Å²) in [7, 11) is 0. The highest BCUT2D eigenvalue weighted by molar-refractivity contribution is 5.68. The fourth-order valence-corrected chi connectivity index (χ4v) is 1.17. The van der Waals surface area contributed by atoms with Crippen LogP contribution in [0, 0.1) is 0 Å². The molecule has 0 N–H and O–H groups in total. The molecule has 0 aliphatic carbocycles. The number of rotatable bonds is 8. The molecule has 0 unspecified atom stereocenters. The highest BCUT2D eigenvalue weighted by Crippen LogP contribution is 2.04. The maximum Gasteiger partial charge on any atom is 0.305 e. The number of esters is 1. The molecule has 82 valence electrons. The zero-order valence-corrected chi connectivity index (χ0v) is 9.42. The zero-order valence-electron chi connectivity index (χ0n) is 9.42. The third-order valence-corrected chi connectivity index (χ3v) is 2.05. The van der Waals surface area contributed by atoms with Crippen LogP contribution < -0.4 is 0 Å². The van der Waals surface area contributed by atoms with Gasteiger partial charge in [-0.05, 0) is 26.2 Å². The Morgan fingerprint density at radius 3 is 2.57 bits per heavy atom. The summed E-state index contributed by atoms with van der Waals surface area (Å²) in [6, 6.07) is 0. The average Bonchev–Trinajstić information content (AvgIpc) is 2.21. The van der Waals surface area contributed by atoms with Gasteiger partial charge in [-0.15, -0.1) is 0 Å². The molecule has 0 rings (SSSR count). The molecule has 0 saturated carbocycles. The maximum absolute atomic E-state index is 10.8. The molecule has 0 spiro atoms. The predicted molar refractivity (Wildman–Crippen MR) is 59.1 cm³/mol. The predicted octanol–water partition coefficient (Wildman–Crippen LogP) is 3.47. The van der Waals surface area contributed by atoms with E-state index in [-0.39, 0.29) is 5.97 Å². The second-order valence-corrected chi connectivity index (χ2v) is 3.35. The van der Waals surface area contributed by atoms with Crippen molar-refractivity contribution in [1.29, 1.82) is 0 Å². The Bertz CT molecular complexity index is 162. The van der Waals surface area contributed by atoms with E-state index >= 15 is 0 Å². The standard InChI is InChI=1S/C12H22O2/c1-3-5-6-7-8-9-10-11-14-12(13)4-2/h3,5H,4,6-11H2,1-2H3/b5-3+. The average molecular weight is 198 g/mol. The van der Waals surface area contributed by atoms with Crippen molar-refractivity contribution in [2.24, 2.45) is 0 Å². The lowest BCUT2D eigenvalue weighted by molar-refractivity contribution is -0.143. The van der Waals surface area contributed by atoms with Gasteiger partial charge < -0.3 is 4.74 Å². The molecule has 0 fully saturated rings. The van der Waals surface area contributed by atoms with Crippen LogP contribution in [0.5, 0.6) is 0 Å². The molecule has 2 heteroatoms. The van der Waals surface area contributed by atoms with Gasteiger partial charge in [-0.2, -0.15) is 0 Å². The minimum atomic E-state index is -0.0843. The third kappa shape index (κ3) is 9.30. The second kappa shape index (κ2) is 10.3. The zero-order chi connectivity index (χ0) is 10.6. The molecule has 0 aliphatic rings. The number of carbonyl (C=O) groups is 1. The van der Waals surface area contributed by atoms with Crippen molar-refractivity contribution in [2.75, 3.05) is 6.61 Å². The molecule has 0 aliphatic heterocycles. The Morgan fingerprint density at radius 2 is 1.93 bits per heavy atom. The van der Waals surface area contributed by atoms with E-state index in [0.717, 1.165) is 12.8 Å². The summed E-state index contributed by atoms with van der Waals surface area (Å²) in [5.41, 5.74) is 0. The highest BCUT2D eigenvalue weighted by atomic mass is 16.5. The van der Waals surface area contributed by atoms with Gasteiger partial charge >= 0.3 is 5.97 Å². The minimum Gasteiger partial charge on any atom is -0.466 e. The summed E-state index contributed by atoms with van der Waals surface area (Å²) >= 11 is 0. The number of ether oxygens (including phenoxy) is 1. The molecule has 0 atom stereocenters. The van der Waals surface area contributed by atoms with E-state index in [1.165, 1.54) is 19.3 Å². The van der Waals surface area contributed by atoms with Crippen molar-refractivity contribution in [3.05, 3.63) is 12.2 Å². The first kappa shape index (κ1) is 13.2. The van der Waals surface area contributed by atoms with E-state index in [2.05, 4.69) is 12.2 Å². The molecular formula is C12H22O2. The largest absolute Gasteiger partial charge is 0.466 e. The first-order chi connectivity index (χ1) is 6.81. The van der Waals surface area contributed by atoms with Gasteiger partial charge in [-0.25, -0.2) is 0 Å². The van der Waals surface area contributed by atoms with Gasteiger partial charge in [-0.3, -0.25) is 4.79 Å². The van der Waals surface area contributed by atoms with Crippen molar-refractivity contribution in [1.82, 2.24) is 0 Å². The quantitative estimate of drug-likeness (QED) is 0.339. The number of hydrogen-bond acceptors (Lipinski definition) is 2. The van der Waals surface area contributed by atoms with Gasteiger partial charge in [0.15, 0.2) is 0 Å². The van der Waals surface area contributed by atoms with Crippen LogP contribution in [0.15, 0.2) is 12.2 Å². The lowest BCUT2D eigenvalue weighted by Gasteiger charge is -2.02. The molecule has 0 saturated heterocycles. The minimum absolute atomic E-state index is 0.0843. The molecular weight excluding hydrogens is 176 g/mol. The number of unbranched alkanes of at least 4 members (excludes halogenated alkanes) is 4. The van der Waals surface area contributed by atoms with E-state index in [9.17, 15) is 4.79 Å². The molecule has 0 aromatic rings. The maximum atomic E-state index is 10.8. The smallest absolute Gasteiger partial charge is 0.305 e. The van der Waals surface area contributed by atoms with E-state index in [1.807, 2.05) is 13.8 Å². The fourth-order valence-electron chi connectivity index (χ4n) is 1.17. The molecule has 14 heavy (non-hydrogen) atoms. The van der Waals surface area contributed by atoms with E-state index in [1.54, 1.807) is 0 Å². The molecule has 0 amide bonds. The Kier molecular flexibility index (Phi) is 9.71. The summed E-state index contributed by atoms with van der Waals surface area (Å²) in [4.78, 5) is 10.8. The van der Waals surface area contributed by atoms with Crippen molar-refractivity contribution in [2.45, 2.75) is 52.4 Å². The summed E-state index contributed by atoms with van der Waals surface area (Å²) in [5.74, 6) is -0.0843. The first-order valence-electron chi connectivity index (χ1n) is 5.58. The number of carbonyl (C=O) groups excluding carboxylic acids is 1. The summed E-state index contributed by atoms with van der Waals surface area (Å²) in [6.45, 7) is 4.46. The van der Waals surface area contributed by atoms with Crippen molar-refractivity contribution >= 4 is 5.97 Å². The molecule has 0 bridgehead atoms. The summed E-state index contributed by atoms with van der Waals surface area (Å²) in [5, 5.41) is 0. The highest BCUT2D eigenvalue weighted by Gasteiger charge is 1.96. The Balaban J connectivity index is 3.02. The van der Waals surface area contributed by atoms with Gasteiger partial charge in [0.2, 0.25) is 0 Å². The Morgan fingerprint density at radius 1 is 1.21 bits per heavy atom. The van der Waals surface area contributed by atoms with Crippen LogP contribution in [-0.4, -0.2) is 12.6 Å². The first-order valence-corrected chi connectivity index (χ1v) is 5.58. The van der Waals surface area contributed by atoms with Crippen LogP contribution in [0.1, 0.15) is 52.4 Å². The Hall–Kier alpha value is -0.790. The number of hydrogen-bond donors (Lipinski definition) is 0. The lowest BCUT2D eigenvalue weighted by Crippen LogP contribution is -2.03. The van der Waals surface area contributed by atoms with E-state index < -0.39 is 0 Å². The molecule has 0 aromatic heterocycles. The van der Waals surface area contributed by atoms with Crippen molar-refractivity contribution < 1.29 is 9.53 Å². The van der Waals surface area contributed by atoms with E-state index in [0.29, 0.717) is 13.0 Å². The van der Waals surface area contributed by atoms with Crippen LogP contribution in [-0.2, 0) is 9.53 Å². The van der Waals surface area contributed by atoms with Gasteiger partial charge in [-0.1, -0.05) is 31.9 Å². The van der Waals surface area contributed by atoms with Crippen molar-refractivity contribution in [3.63, 3.8) is 0 Å². The van der Waals surface area contributed by atoms with Crippen LogP contribution in [0.25, 0.3) is 0 Å². The Labute approximate surface area is 87.3 Å². The second-order valence-electron chi connectivity index (χ2n) is 3.35. The van der Waals surface area contributed by atoms with Crippen LogP contribution in [0.3, 0.4) is 0 Å². The van der Waals surface area contributed by atoms with Crippen LogP contribution in [0.4, 0.5) is 0 Å². The SMILES string of the molecule is C/C=C/CCCCCCOC(=O)CC. The van der Waals surface area contributed by atoms with Crippen molar-refractivity contribution in [3.8, 4) is 0 Å². The van der Waals surface area contributed by atoms with Gasteiger partial charge in [0, 0.05) is 6.42 Å². The van der Waals surface area contributed by atoms with Gasteiger partial charge in [0.25, 0.3) is 0 Å². The summed E-state index contributed by atoms with van der Waals surface area (Å²) in [6.07, 6.45) is 10.6. The molecule has 0 heterocycles. The van der Waals surface area contributed by atoms with Gasteiger partial charge in [0.05, 0.1) is 6.61 Å². The van der Waals surface area contributed by atoms with Crippen LogP contribution in [0.2, 0.25) is 0 Å². The molecule has 0 radical (unpaired) electrons. The normalized spacial score (nSPS) is 10.7. The number of allylic oxidation sites excluding steroid dienone is 2. The monoisotopic (exact) mass is 198 g/mol. The summed E-state index contributed by atoms with van der Waals surface area (Å²) < 4.78 is 4.97. The molecule has 0 aromatic carbocycles. The van der Waals surface area contributed by atoms with Gasteiger partial charge in [0.1, 0.15) is 0 Å². The molecule has 2 nitrogen and oxygen atoms in total. The lowest BCUT2D eigenvalue weighted by atomic mass is 10.1. The van der Waals surface area contributed by atoms with Crippen LogP contribution >= 0.6 is 0 Å². The van der Waals surface area contributed by atoms with E-state index in [4.69, 9.17) is 4.74 Å². The fraction of sp³-hybridized carbons (Fsp3) is 0.750.